The zero-order valence-corrected chi connectivity index (χ0v) is 13.5. The summed E-state index contributed by atoms with van der Waals surface area (Å²) < 4.78 is 15.1. The number of methoxy groups -OCH3 is 1. The molecule has 0 saturated carbocycles. The van der Waals surface area contributed by atoms with Gasteiger partial charge in [-0.1, -0.05) is 0 Å². The van der Waals surface area contributed by atoms with Crippen molar-refractivity contribution in [1.29, 1.82) is 0 Å². The molecule has 1 aliphatic heterocycles. The first kappa shape index (κ1) is 19.4. The van der Waals surface area contributed by atoms with Crippen LogP contribution in [0.25, 0.3) is 0 Å². The minimum Gasteiger partial charge on any atom is -0.481 e. The highest BCUT2D eigenvalue weighted by Gasteiger charge is 2.27. The lowest BCUT2D eigenvalue weighted by atomic mass is 9.97. The highest BCUT2D eigenvalue weighted by molar-refractivity contribution is 5.77. The van der Waals surface area contributed by atoms with E-state index in [-0.39, 0.29) is 37.2 Å². The van der Waals surface area contributed by atoms with Crippen LogP contribution < -0.4 is 0 Å². The number of hydrogen-bond donors (Lipinski definition) is 1. The van der Waals surface area contributed by atoms with Crippen molar-refractivity contribution in [3.05, 3.63) is 0 Å². The van der Waals surface area contributed by atoms with Crippen molar-refractivity contribution in [2.75, 3.05) is 46.6 Å². The van der Waals surface area contributed by atoms with Crippen LogP contribution in [0, 0.1) is 5.92 Å². The molecule has 1 heterocycles. The summed E-state index contributed by atoms with van der Waals surface area (Å²) in [6.07, 6.45) is 1.53. The largest absolute Gasteiger partial charge is 0.481 e. The summed E-state index contributed by atoms with van der Waals surface area (Å²) >= 11 is 0. The van der Waals surface area contributed by atoms with Crippen LogP contribution in [0.4, 0.5) is 0 Å². The molecule has 0 atom stereocenters. The number of esters is 1. The molecule has 1 fully saturated rings. The molecular weight excluding hydrogens is 306 g/mol. The Hall–Kier alpha value is -1.67. The summed E-state index contributed by atoms with van der Waals surface area (Å²) in [5, 5.41) is 8.42. The van der Waals surface area contributed by atoms with Gasteiger partial charge in [0.1, 0.15) is 0 Å². The van der Waals surface area contributed by atoms with E-state index >= 15 is 0 Å². The van der Waals surface area contributed by atoms with Gasteiger partial charge in [0.25, 0.3) is 0 Å². The van der Waals surface area contributed by atoms with E-state index in [2.05, 4.69) is 0 Å². The fourth-order valence-electron chi connectivity index (χ4n) is 2.33. The van der Waals surface area contributed by atoms with E-state index < -0.39 is 5.97 Å². The molecule has 1 rings (SSSR count). The van der Waals surface area contributed by atoms with Crippen molar-refractivity contribution < 1.29 is 33.7 Å². The Morgan fingerprint density at radius 1 is 1.00 bits per heavy atom. The van der Waals surface area contributed by atoms with Gasteiger partial charge >= 0.3 is 11.9 Å². The Morgan fingerprint density at radius 3 is 2.09 bits per heavy atom. The minimum absolute atomic E-state index is 0.0140. The number of nitrogens with zero attached hydrogens (tertiary/aromatic N) is 1. The smallest absolute Gasteiger partial charge is 0.308 e. The summed E-state index contributed by atoms with van der Waals surface area (Å²) in [5.41, 5.74) is 0. The summed E-state index contributed by atoms with van der Waals surface area (Å²) in [6.45, 7) is 2.24. The molecule has 0 unspecified atom stereocenters. The molecule has 0 aromatic carbocycles. The number of carboxylic acid groups (broad SMARTS) is 1. The number of piperidine rings is 1. The molecule has 0 aliphatic carbocycles. The van der Waals surface area contributed by atoms with Crippen molar-refractivity contribution in [2.24, 2.45) is 5.92 Å². The topological polar surface area (TPSA) is 102 Å². The number of ether oxygens (including phenoxy) is 3. The third kappa shape index (κ3) is 7.94. The molecule has 1 saturated heterocycles. The normalized spacial score (nSPS) is 15.4. The van der Waals surface area contributed by atoms with Gasteiger partial charge in [0.15, 0.2) is 0 Å². The van der Waals surface area contributed by atoms with Gasteiger partial charge in [-0.15, -0.1) is 0 Å². The van der Waals surface area contributed by atoms with E-state index in [1.807, 2.05) is 0 Å². The minimum atomic E-state index is -0.896. The average Bonchev–Trinajstić information content (AvgIpc) is 2.56. The first-order chi connectivity index (χ1) is 11.0. The van der Waals surface area contributed by atoms with Crippen LogP contribution in [-0.2, 0) is 28.6 Å². The van der Waals surface area contributed by atoms with Gasteiger partial charge in [-0.05, 0) is 12.8 Å². The van der Waals surface area contributed by atoms with E-state index in [1.54, 1.807) is 4.90 Å². The average molecular weight is 331 g/mol. The van der Waals surface area contributed by atoms with Crippen molar-refractivity contribution in [3.63, 3.8) is 0 Å². The third-order valence-corrected chi connectivity index (χ3v) is 3.67. The summed E-state index contributed by atoms with van der Waals surface area (Å²) in [7, 11) is 1.38. The summed E-state index contributed by atoms with van der Waals surface area (Å²) in [4.78, 5) is 35.4. The lowest BCUT2D eigenvalue weighted by Gasteiger charge is -2.30. The first-order valence-corrected chi connectivity index (χ1v) is 7.77. The Labute approximate surface area is 135 Å². The number of likely N-dealkylation sites (tertiary alicyclic amines) is 1. The quantitative estimate of drug-likeness (QED) is 0.453. The second-order valence-electron chi connectivity index (χ2n) is 5.30. The van der Waals surface area contributed by atoms with Crippen LogP contribution in [0.1, 0.15) is 25.7 Å². The van der Waals surface area contributed by atoms with Crippen LogP contribution in [0.2, 0.25) is 0 Å². The maximum absolute atomic E-state index is 12.0. The number of carbonyl (C=O) groups is 3. The molecular formula is C15H25NO7. The van der Waals surface area contributed by atoms with Crippen LogP contribution in [0.15, 0.2) is 0 Å². The molecule has 0 radical (unpaired) electrons. The summed E-state index contributed by atoms with van der Waals surface area (Å²) in [6, 6.07) is 0. The zero-order valence-electron chi connectivity index (χ0n) is 13.5. The molecule has 0 spiro atoms. The van der Waals surface area contributed by atoms with Crippen LogP contribution >= 0.6 is 0 Å². The van der Waals surface area contributed by atoms with Crippen LogP contribution in [0.3, 0.4) is 0 Å². The van der Waals surface area contributed by atoms with E-state index in [0.29, 0.717) is 45.8 Å². The Bertz CT molecular complexity index is 391. The second-order valence-corrected chi connectivity index (χ2v) is 5.30. The monoisotopic (exact) mass is 331 g/mol. The summed E-state index contributed by atoms with van der Waals surface area (Å²) in [5.74, 6) is -1.20. The molecule has 0 aromatic heterocycles. The molecule has 1 aliphatic rings. The number of aliphatic carboxylic acids is 1. The Morgan fingerprint density at radius 2 is 1.57 bits per heavy atom. The molecule has 0 bridgehead atoms. The fourth-order valence-corrected chi connectivity index (χ4v) is 2.33. The van der Waals surface area contributed by atoms with E-state index in [9.17, 15) is 14.4 Å². The van der Waals surface area contributed by atoms with Gasteiger partial charge in [0.2, 0.25) is 5.91 Å². The van der Waals surface area contributed by atoms with Crippen LogP contribution in [-0.4, -0.2) is 74.5 Å². The van der Waals surface area contributed by atoms with Gasteiger partial charge in [-0.25, -0.2) is 0 Å². The van der Waals surface area contributed by atoms with Crippen molar-refractivity contribution in [1.82, 2.24) is 4.90 Å². The Kier molecular flexibility index (Phi) is 9.23. The molecule has 8 heteroatoms. The molecule has 132 valence electrons. The van der Waals surface area contributed by atoms with E-state index in [0.717, 1.165) is 0 Å². The van der Waals surface area contributed by atoms with Gasteiger partial charge < -0.3 is 24.2 Å². The number of amides is 1. The van der Waals surface area contributed by atoms with Gasteiger partial charge in [0, 0.05) is 13.1 Å². The highest BCUT2D eigenvalue weighted by atomic mass is 16.5. The van der Waals surface area contributed by atoms with Crippen molar-refractivity contribution >= 4 is 17.8 Å². The molecule has 1 amide bonds. The zero-order chi connectivity index (χ0) is 17.1. The predicted molar refractivity (Wildman–Crippen MR) is 79.8 cm³/mol. The fraction of sp³-hybridized carbons (Fsp3) is 0.800. The second kappa shape index (κ2) is 11.0. The number of carboxylic acids is 1. The first-order valence-electron chi connectivity index (χ1n) is 7.77. The van der Waals surface area contributed by atoms with E-state index in [4.69, 9.17) is 19.3 Å². The molecule has 23 heavy (non-hydrogen) atoms. The predicted octanol–water partition coefficient (Wildman–Crippen LogP) is 0.296. The lowest BCUT2D eigenvalue weighted by Crippen LogP contribution is -2.40. The molecule has 1 N–H and O–H groups in total. The molecule has 8 nitrogen and oxygen atoms in total. The molecule has 0 aromatic rings. The maximum Gasteiger partial charge on any atom is 0.308 e. The highest BCUT2D eigenvalue weighted by Crippen LogP contribution is 2.18. The number of rotatable bonds is 10. The third-order valence-electron chi connectivity index (χ3n) is 3.67. The standard InChI is InChI=1S/C15H25NO7/c1-21-15(20)12-2-6-16(7-3-12)13(17)4-8-22-10-11-23-9-5-14(18)19/h12H,2-11H2,1H3,(H,18,19). The van der Waals surface area contributed by atoms with Gasteiger partial charge in [0.05, 0.1) is 52.3 Å². The number of carbonyl (C=O) groups excluding carboxylic acids is 2. The Balaban J connectivity index is 2.02. The number of hydrogen-bond acceptors (Lipinski definition) is 6. The van der Waals surface area contributed by atoms with Crippen molar-refractivity contribution in [3.8, 4) is 0 Å². The SMILES string of the molecule is COC(=O)C1CCN(C(=O)CCOCCOCCC(=O)O)CC1. The maximum atomic E-state index is 12.0. The van der Waals surface area contributed by atoms with Crippen molar-refractivity contribution in [2.45, 2.75) is 25.7 Å². The van der Waals surface area contributed by atoms with Gasteiger partial charge in [-0.2, -0.15) is 0 Å². The van der Waals surface area contributed by atoms with Crippen LogP contribution in [0.5, 0.6) is 0 Å². The van der Waals surface area contributed by atoms with Gasteiger partial charge in [-0.3, -0.25) is 14.4 Å². The van der Waals surface area contributed by atoms with E-state index in [1.165, 1.54) is 7.11 Å². The lowest BCUT2D eigenvalue weighted by molar-refractivity contribution is -0.149.